The number of benzene rings is 1. The number of nitrogens with two attached hydrogens (primary N) is 1. The lowest BCUT2D eigenvalue weighted by Crippen LogP contribution is -2.34. The quantitative estimate of drug-likeness (QED) is 0.771. The number of fused-ring (bicyclic) bond motifs is 1. The molecule has 0 heterocycles. The van der Waals surface area contributed by atoms with E-state index in [1.165, 1.54) is 16.1 Å². The molecule has 2 nitrogen and oxygen atoms in total. The van der Waals surface area contributed by atoms with Crippen LogP contribution in [-0.4, -0.2) is 6.54 Å². The molecule has 0 saturated heterocycles. The van der Waals surface area contributed by atoms with Crippen LogP contribution in [0, 0.1) is 0 Å². The number of nitrogens with one attached hydrogen (secondary N) is 1. The third-order valence-electron chi connectivity index (χ3n) is 2.76. The summed E-state index contributed by atoms with van der Waals surface area (Å²) in [7, 11) is 0. The van der Waals surface area contributed by atoms with E-state index in [0.29, 0.717) is 0 Å². The van der Waals surface area contributed by atoms with Crippen LogP contribution in [-0.2, 0) is 0 Å². The van der Waals surface area contributed by atoms with Crippen molar-refractivity contribution in [3.05, 3.63) is 28.6 Å². The molecule has 0 radical (unpaired) electrons. The Morgan fingerprint density at radius 3 is 3.07 bits per heavy atom. The lowest BCUT2D eigenvalue weighted by atomic mass is 10.0. The maximum absolute atomic E-state index is 6.08. The first kappa shape index (κ1) is 10.1. The zero-order valence-electron chi connectivity index (χ0n) is 9.22. The van der Waals surface area contributed by atoms with E-state index in [1.54, 1.807) is 0 Å². The Balaban J connectivity index is 2.53. The van der Waals surface area contributed by atoms with Gasteiger partial charge in [0, 0.05) is 23.1 Å². The molecule has 0 amide bonds. The second-order valence-electron chi connectivity index (χ2n) is 3.96. The number of hydrogen-bond donors (Lipinski definition) is 2. The molecule has 80 valence electrons. The highest BCUT2D eigenvalue weighted by molar-refractivity contribution is 5.59. The van der Waals surface area contributed by atoms with Gasteiger partial charge in [-0.25, -0.2) is 0 Å². The molecule has 1 aliphatic carbocycles. The number of anilines is 1. The molecular weight excluding hydrogens is 184 g/mol. The predicted molar refractivity (Wildman–Crippen MR) is 65.8 cm³/mol. The Morgan fingerprint density at radius 2 is 2.27 bits per heavy atom. The third kappa shape index (κ3) is 1.99. The van der Waals surface area contributed by atoms with Crippen LogP contribution >= 0.6 is 0 Å². The summed E-state index contributed by atoms with van der Waals surface area (Å²) in [4.78, 5) is 0. The second-order valence-corrected chi connectivity index (χ2v) is 3.96. The molecule has 0 saturated carbocycles. The summed E-state index contributed by atoms with van der Waals surface area (Å²) < 4.78 is 0. The average molecular weight is 202 g/mol. The molecule has 3 N–H and O–H groups in total. The Labute approximate surface area is 90.5 Å². The zero-order valence-corrected chi connectivity index (χ0v) is 9.22. The van der Waals surface area contributed by atoms with Crippen LogP contribution in [0.1, 0.15) is 26.2 Å². The molecular formula is C13H18N2. The predicted octanol–water partition coefficient (Wildman–Crippen LogP) is 1.15. The van der Waals surface area contributed by atoms with E-state index in [0.717, 1.165) is 31.5 Å². The maximum atomic E-state index is 6.08. The van der Waals surface area contributed by atoms with Crippen molar-refractivity contribution in [2.24, 2.45) is 5.73 Å². The third-order valence-corrected chi connectivity index (χ3v) is 2.76. The molecule has 0 bridgehead atoms. The van der Waals surface area contributed by atoms with E-state index in [1.807, 2.05) is 0 Å². The van der Waals surface area contributed by atoms with Gasteiger partial charge in [-0.2, -0.15) is 0 Å². The van der Waals surface area contributed by atoms with Crippen LogP contribution in [0.5, 0.6) is 0 Å². The van der Waals surface area contributed by atoms with Gasteiger partial charge in [0.25, 0.3) is 0 Å². The summed E-state index contributed by atoms with van der Waals surface area (Å²) in [5, 5.41) is 5.93. The highest BCUT2D eigenvalue weighted by Crippen LogP contribution is 2.05. The Kier molecular flexibility index (Phi) is 2.95. The molecule has 2 rings (SSSR count). The normalized spacial score (nSPS) is 14.3. The minimum absolute atomic E-state index is 0.984. The van der Waals surface area contributed by atoms with E-state index in [4.69, 9.17) is 5.73 Å². The summed E-state index contributed by atoms with van der Waals surface area (Å²) in [6, 6.07) is 6.34. The van der Waals surface area contributed by atoms with Gasteiger partial charge in [-0.3, -0.25) is 0 Å². The van der Waals surface area contributed by atoms with Crippen LogP contribution in [0.15, 0.2) is 18.2 Å². The summed E-state index contributed by atoms with van der Waals surface area (Å²) in [5.41, 5.74) is 8.28. The summed E-state index contributed by atoms with van der Waals surface area (Å²) in [6.45, 7) is 3.17. The minimum Gasteiger partial charge on any atom is -0.401 e. The Hall–Kier alpha value is -1.44. The number of rotatable bonds is 3. The van der Waals surface area contributed by atoms with Gasteiger partial charge in [-0.05, 0) is 30.5 Å². The molecule has 1 aliphatic rings. The van der Waals surface area contributed by atoms with Crippen molar-refractivity contribution in [3.63, 3.8) is 0 Å². The van der Waals surface area contributed by atoms with Crippen LogP contribution < -0.4 is 21.5 Å². The molecule has 0 unspecified atom stereocenters. The number of hydrogen-bond acceptors (Lipinski definition) is 2. The van der Waals surface area contributed by atoms with Gasteiger partial charge in [0.1, 0.15) is 0 Å². The van der Waals surface area contributed by atoms with Gasteiger partial charge in [-0.1, -0.05) is 25.1 Å². The summed E-state index contributed by atoms with van der Waals surface area (Å²) >= 11 is 0. The highest BCUT2D eigenvalue weighted by Gasteiger charge is 2.04. The first-order valence-corrected chi connectivity index (χ1v) is 5.64. The van der Waals surface area contributed by atoms with Crippen LogP contribution in [0.2, 0.25) is 0 Å². The molecule has 1 aromatic carbocycles. The molecule has 0 aromatic heterocycles. The molecule has 2 heteroatoms. The van der Waals surface area contributed by atoms with E-state index in [-0.39, 0.29) is 0 Å². The van der Waals surface area contributed by atoms with Gasteiger partial charge in [0.05, 0.1) is 0 Å². The average Bonchev–Trinajstić information content (AvgIpc) is 2.26. The smallest absolute Gasteiger partial charge is 0.0437 e. The van der Waals surface area contributed by atoms with Gasteiger partial charge < -0.3 is 11.1 Å². The largest absolute Gasteiger partial charge is 0.401 e. The zero-order chi connectivity index (χ0) is 10.7. The van der Waals surface area contributed by atoms with Gasteiger partial charge >= 0.3 is 0 Å². The van der Waals surface area contributed by atoms with E-state index < -0.39 is 0 Å². The van der Waals surface area contributed by atoms with E-state index >= 15 is 0 Å². The van der Waals surface area contributed by atoms with Crippen molar-refractivity contribution in [2.45, 2.75) is 26.2 Å². The van der Waals surface area contributed by atoms with Crippen LogP contribution in [0.25, 0.3) is 11.8 Å². The topological polar surface area (TPSA) is 38.0 Å². The van der Waals surface area contributed by atoms with Gasteiger partial charge in [0.2, 0.25) is 0 Å². The first-order valence-electron chi connectivity index (χ1n) is 5.64. The first-order chi connectivity index (χ1) is 7.33. The standard InChI is InChI=1S/C13H18N2/c1-2-9-15-12-8-4-6-10-5-3-7-11(14)13(10)12/h4-6,8,15H,2-3,7,9,14H2,1H3. The van der Waals surface area contributed by atoms with Crippen LogP contribution in [0.3, 0.4) is 0 Å². The highest BCUT2D eigenvalue weighted by atomic mass is 14.9. The summed E-state index contributed by atoms with van der Waals surface area (Å²) in [5.74, 6) is 0. The van der Waals surface area contributed by atoms with Crippen LogP contribution in [0.4, 0.5) is 5.69 Å². The Bertz CT molecular complexity index is 460. The fourth-order valence-electron chi connectivity index (χ4n) is 2.01. The fourth-order valence-corrected chi connectivity index (χ4v) is 2.01. The minimum atomic E-state index is 0.984. The van der Waals surface area contributed by atoms with Crippen molar-refractivity contribution in [1.29, 1.82) is 0 Å². The van der Waals surface area contributed by atoms with Crippen molar-refractivity contribution in [1.82, 2.24) is 0 Å². The molecule has 1 aromatic rings. The lowest BCUT2D eigenvalue weighted by molar-refractivity contribution is 0.973. The monoisotopic (exact) mass is 202 g/mol. The molecule has 15 heavy (non-hydrogen) atoms. The van der Waals surface area contributed by atoms with Gasteiger partial charge in [0.15, 0.2) is 0 Å². The van der Waals surface area contributed by atoms with Crippen molar-refractivity contribution in [3.8, 4) is 0 Å². The van der Waals surface area contributed by atoms with Crippen molar-refractivity contribution >= 4 is 17.5 Å². The van der Waals surface area contributed by atoms with E-state index in [9.17, 15) is 0 Å². The molecule has 0 fully saturated rings. The fraction of sp³-hybridized carbons (Fsp3) is 0.385. The Morgan fingerprint density at radius 1 is 1.40 bits per heavy atom. The SMILES string of the molecule is CCCNc1cccc2c1=C(N)CCC=2. The van der Waals surface area contributed by atoms with Gasteiger partial charge in [-0.15, -0.1) is 0 Å². The molecule has 0 spiro atoms. The lowest BCUT2D eigenvalue weighted by Gasteiger charge is -2.12. The second kappa shape index (κ2) is 4.39. The summed E-state index contributed by atoms with van der Waals surface area (Å²) in [6.07, 6.45) is 5.45. The van der Waals surface area contributed by atoms with E-state index in [2.05, 4.69) is 36.5 Å². The van der Waals surface area contributed by atoms with Crippen molar-refractivity contribution < 1.29 is 0 Å². The maximum Gasteiger partial charge on any atom is 0.0437 e. The molecule has 0 atom stereocenters. The van der Waals surface area contributed by atoms with Crippen molar-refractivity contribution in [2.75, 3.05) is 11.9 Å². The molecule has 0 aliphatic heterocycles.